The molecule has 2 heterocycles. The second kappa shape index (κ2) is 21.5. The lowest BCUT2D eigenvalue weighted by atomic mass is 9.95. The van der Waals surface area contributed by atoms with Gasteiger partial charge in [-0.25, -0.2) is 0 Å². The monoisotopic (exact) mass is 823 g/mol. The second-order valence-electron chi connectivity index (χ2n) is 18.9. The third-order valence-electron chi connectivity index (χ3n) is 14.3. The highest BCUT2D eigenvalue weighted by Crippen LogP contribution is 2.38. The Morgan fingerprint density at radius 2 is 0.645 bits per heavy atom. The van der Waals surface area contributed by atoms with Crippen molar-refractivity contribution in [2.24, 2.45) is 14.1 Å². The average Bonchev–Trinajstić information content (AvgIpc) is 3.80. The van der Waals surface area contributed by atoms with Crippen LogP contribution in [0.15, 0.2) is 109 Å². The predicted octanol–water partition coefficient (Wildman–Crippen LogP) is 18.4. The maximum absolute atomic E-state index is 2.43. The van der Waals surface area contributed by atoms with Gasteiger partial charge in [0.1, 0.15) is 0 Å². The Hall–Kier alpha value is -4.82. The van der Waals surface area contributed by atoms with E-state index < -0.39 is 0 Å². The van der Waals surface area contributed by atoms with Crippen molar-refractivity contribution >= 4 is 54.1 Å². The van der Waals surface area contributed by atoms with Crippen molar-refractivity contribution in [3.63, 3.8) is 0 Å². The highest BCUT2D eigenvalue weighted by atomic mass is 14.9. The molecule has 2 heteroatoms. The van der Waals surface area contributed by atoms with Crippen LogP contribution >= 0.6 is 0 Å². The number of benzene rings is 6. The summed E-state index contributed by atoms with van der Waals surface area (Å²) in [6.07, 6.45) is 30.1. The lowest BCUT2D eigenvalue weighted by Crippen LogP contribution is -1.92. The molecular formula is C60H74N2. The van der Waals surface area contributed by atoms with E-state index in [1.807, 2.05) is 0 Å². The number of hydrogen-bond acceptors (Lipinski definition) is 0. The molecule has 0 bridgehead atoms. The summed E-state index contributed by atoms with van der Waals surface area (Å²) in [4.78, 5) is 0. The molecule has 0 atom stereocenters. The van der Waals surface area contributed by atoms with Gasteiger partial charge in [-0.1, -0.05) is 202 Å². The molecule has 0 unspecified atom stereocenters. The third-order valence-corrected chi connectivity index (χ3v) is 14.3. The fraction of sp³-hybridized carbons (Fsp3) is 0.433. The van der Waals surface area contributed by atoms with Gasteiger partial charge >= 0.3 is 0 Å². The smallest absolute Gasteiger partial charge is 0.0489 e. The molecule has 62 heavy (non-hydrogen) atoms. The first-order valence-electron chi connectivity index (χ1n) is 25.1. The quantitative estimate of drug-likeness (QED) is 0.0424. The van der Waals surface area contributed by atoms with Gasteiger partial charge in [0.25, 0.3) is 0 Å². The lowest BCUT2D eigenvalue weighted by Gasteiger charge is -2.10. The molecule has 324 valence electrons. The first kappa shape index (κ1) is 43.8. The van der Waals surface area contributed by atoms with Gasteiger partial charge in [0.05, 0.1) is 0 Å². The van der Waals surface area contributed by atoms with Gasteiger partial charge in [-0.15, -0.1) is 0 Å². The summed E-state index contributed by atoms with van der Waals surface area (Å²) in [6, 6.07) is 42.6. The zero-order chi connectivity index (χ0) is 42.7. The molecule has 0 N–H and O–H groups in total. The zero-order valence-electron chi connectivity index (χ0n) is 38.8. The predicted molar refractivity (Wildman–Crippen MR) is 274 cm³/mol. The molecule has 8 aromatic rings. The zero-order valence-corrected chi connectivity index (χ0v) is 38.8. The lowest BCUT2D eigenvalue weighted by molar-refractivity contribution is 0.556. The van der Waals surface area contributed by atoms with Gasteiger partial charge in [0.15, 0.2) is 0 Å². The summed E-state index contributed by atoms with van der Waals surface area (Å²) in [5.41, 5.74) is 10.6. The number of fused-ring (bicyclic) bond motifs is 7. The van der Waals surface area contributed by atoms with Gasteiger partial charge in [0.2, 0.25) is 0 Å². The van der Waals surface area contributed by atoms with Gasteiger partial charge in [0, 0.05) is 47.3 Å². The molecule has 2 aromatic heterocycles. The number of aromatic nitrogens is 2. The summed E-state index contributed by atoms with van der Waals surface area (Å²) >= 11 is 0. The SMILES string of the molecule is CCCCCCCCCCCCc1ccc(-c2cc3cc4c(ccc5c6cc7cc(-c8ccc(CCCCCCCCCCCC)cc8)n(C)c7cc6ccc45)cc3n2C)cc1. The first-order valence-corrected chi connectivity index (χ1v) is 25.1. The number of unbranched alkanes of at least 4 members (excludes halogenated alkanes) is 18. The van der Waals surface area contributed by atoms with Crippen LogP contribution in [-0.2, 0) is 26.9 Å². The van der Waals surface area contributed by atoms with Crippen LogP contribution in [0.2, 0.25) is 0 Å². The number of hydrogen-bond donors (Lipinski definition) is 0. The fourth-order valence-electron chi connectivity index (χ4n) is 10.4. The van der Waals surface area contributed by atoms with E-state index in [9.17, 15) is 0 Å². The van der Waals surface area contributed by atoms with Crippen LogP contribution in [0.5, 0.6) is 0 Å². The topological polar surface area (TPSA) is 9.86 Å². The molecule has 0 saturated carbocycles. The van der Waals surface area contributed by atoms with Crippen molar-refractivity contribution in [1.82, 2.24) is 9.13 Å². The van der Waals surface area contributed by atoms with Gasteiger partial charge < -0.3 is 9.13 Å². The van der Waals surface area contributed by atoms with Crippen molar-refractivity contribution in [2.75, 3.05) is 0 Å². The normalized spacial score (nSPS) is 12.0. The molecule has 0 saturated heterocycles. The molecule has 2 nitrogen and oxygen atoms in total. The number of rotatable bonds is 24. The van der Waals surface area contributed by atoms with Crippen molar-refractivity contribution in [2.45, 2.75) is 155 Å². The molecule has 0 aliphatic rings. The van der Waals surface area contributed by atoms with Crippen molar-refractivity contribution in [3.05, 3.63) is 120 Å². The molecule has 8 rings (SSSR count). The van der Waals surface area contributed by atoms with Gasteiger partial charge in [-0.2, -0.15) is 0 Å². The maximum Gasteiger partial charge on any atom is 0.0489 e. The summed E-state index contributed by atoms with van der Waals surface area (Å²) in [5, 5.41) is 10.5. The van der Waals surface area contributed by atoms with Gasteiger partial charge in [-0.3, -0.25) is 0 Å². The van der Waals surface area contributed by atoms with Crippen LogP contribution in [0.25, 0.3) is 76.6 Å². The second-order valence-corrected chi connectivity index (χ2v) is 18.9. The summed E-state index contributed by atoms with van der Waals surface area (Å²) in [6.45, 7) is 4.60. The van der Waals surface area contributed by atoms with Crippen LogP contribution in [-0.4, -0.2) is 9.13 Å². The Labute approximate surface area is 373 Å². The number of nitrogens with zero attached hydrogens (tertiary/aromatic N) is 2. The summed E-state index contributed by atoms with van der Waals surface area (Å²) < 4.78 is 4.76. The van der Waals surface area contributed by atoms with E-state index in [4.69, 9.17) is 0 Å². The van der Waals surface area contributed by atoms with E-state index in [1.165, 1.54) is 229 Å². The minimum absolute atomic E-state index is 1.18. The Balaban J connectivity index is 0.933. The molecular weight excluding hydrogens is 749 g/mol. The molecule has 0 radical (unpaired) electrons. The minimum Gasteiger partial charge on any atom is -0.344 e. The molecule has 6 aromatic carbocycles. The molecule has 0 aliphatic carbocycles. The van der Waals surface area contributed by atoms with E-state index in [0.717, 1.165) is 0 Å². The number of aryl methyl sites for hydroxylation is 4. The Morgan fingerprint density at radius 3 is 1.00 bits per heavy atom. The van der Waals surface area contributed by atoms with Gasteiger partial charge in [-0.05, 0) is 117 Å². The van der Waals surface area contributed by atoms with Crippen molar-refractivity contribution < 1.29 is 0 Å². The van der Waals surface area contributed by atoms with Crippen LogP contribution in [0, 0.1) is 0 Å². The third kappa shape index (κ3) is 10.3. The highest BCUT2D eigenvalue weighted by molar-refractivity contribution is 6.21. The average molecular weight is 823 g/mol. The van der Waals surface area contributed by atoms with Crippen molar-refractivity contribution in [1.29, 1.82) is 0 Å². The van der Waals surface area contributed by atoms with Crippen LogP contribution in [0.3, 0.4) is 0 Å². The van der Waals surface area contributed by atoms with E-state index in [2.05, 4.69) is 146 Å². The van der Waals surface area contributed by atoms with Crippen LogP contribution < -0.4 is 0 Å². The molecule has 0 spiro atoms. The first-order chi connectivity index (χ1) is 30.5. The molecule has 0 aliphatic heterocycles. The largest absolute Gasteiger partial charge is 0.344 e. The Morgan fingerprint density at radius 1 is 0.306 bits per heavy atom. The van der Waals surface area contributed by atoms with Crippen LogP contribution in [0.4, 0.5) is 0 Å². The van der Waals surface area contributed by atoms with E-state index in [0.29, 0.717) is 0 Å². The minimum atomic E-state index is 1.18. The highest BCUT2D eigenvalue weighted by Gasteiger charge is 2.14. The standard InChI is InChI=1S/C60H74N2/c1-5-7-9-11-13-15-17-19-21-23-25-45-27-31-47(32-28-45)57-43-51-39-55-49(41-59(51)61(57)3)35-37-54-53(55)38-36-50-42-60-52(40-56(50)54)44-58(62(60)4)48-33-29-46(30-34-48)26-24-22-20-18-16-14-12-10-8-6-2/h27-44H,5-26H2,1-4H3. The van der Waals surface area contributed by atoms with Crippen molar-refractivity contribution in [3.8, 4) is 22.5 Å². The van der Waals surface area contributed by atoms with E-state index >= 15 is 0 Å². The van der Waals surface area contributed by atoms with E-state index in [1.54, 1.807) is 0 Å². The molecule has 0 amide bonds. The van der Waals surface area contributed by atoms with Crippen LogP contribution in [0.1, 0.15) is 153 Å². The fourth-order valence-corrected chi connectivity index (χ4v) is 10.4. The Kier molecular flexibility index (Phi) is 15.2. The summed E-state index contributed by atoms with van der Waals surface area (Å²) in [5.74, 6) is 0. The molecule has 0 fully saturated rings. The van der Waals surface area contributed by atoms with E-state index in [-0.39, 0.29) is 0 Å². The Bertz CT molecular complexity index is 2480. The summed E-state index contributed by atoms with van der Waals surface area (Å²) in [7, 11) is 4.45. The maximum atomic E-state index is 2.43.